The van der Waals surface area contributed by atoms with Gasteiger partial charge in [0.15, 0.2) is 0 Å². The van der Waals surface area contributed by atoms with Gasteiger partial charge in [0, 0.05) is 12.0 Å². The van der Waals surface area contributed by atoms with Gasteiger partial charge in [-0.1, -0.05) is 37.3 Å². The maximum atomic E-state index is 13.0. The highest BCUT2D eigenvalue weighted by Gasteiger charge is 2.22. The molecule has 28 heavy (non-hydrogen) atoms. The van der Waals surface area contributed by atoms with Gasteiger partial charge in [-0.05, 0) is 24.5 Å². The van der Waals surface area contributed by atoms with Crippen LogP contribution in [-0.2, 0) is 29.0 Å². The molecule has 0 fully saturated rings. The van der Waals surface area contributed by atoms with Gasteiger partial charge in [-0.2, -0.15) is 0 Å². The number of methoxy groups -OCH3 is 1. The summed E-state index contributed by atoms with van der Waals surface area (Å²) in [5.41, 5.74) is 0.502. The Hall–Kier alpha value is -2.71. The van der Waals surface area contributed by atoms with E-state index in [0.717, 1.165) is 27.0 Å². The molecule has 1 unspecified atom stereocenters. The number of ether oxygens (including phenoxy) is 1. The molecule has 0 saturated carbocycles. The molecular formula is C20H22N2O5S. The number of benzene rings is 1. The van der Waals surface area contributed by atoms with Crippen molar-refractivity contribution in [1.29, 1.82) is 0 Å². The van der Waals surface area contributed by atoms with Crippen LogP contribution in [0, 0.1) is 6.92 Å². The lowest BCUT2D eigenvalue weighted by atomic mass is 10.1. The summed E-state index contributed by atoms with van der Waals surface area (Å²) in [5.74, 6) is -1.24. The number of carbonyl (C=O) groups is 1. The Labute approximate surface area is 165 Å². The molecule has 8 heteroatoms. The van der Waals surface area contributed by atoms with Gasteiger partial charge in [0.1, 0.15) is 17.5 Å². The van der Waals surface area contributed by atoms with Gasteiger partial charge in [0.25, 0.3) is 5.56 Å². The molecule has 2 heterocycles. The van der Waals surface area contributed by atoms with E-state index in [2.05, 4.69) is 0 Å². The van der Waals surface area contributed by atoms with Crippen LogP contribution in [0.15, 0.2) is 39.9 Å². The smallest absolute Gasteiger partial charge is 0.332 e. The number of hydrogen-bond donors (Lipinski definition) is 1. The number of aryl methyl sites for hydroxylation is 2. The van der Waals surface area contributed by atoms with E-state index in [0.29, 0.717) is 10.2 Å². The second-order valence-electron chi connectivity index (χ2n) is 6.50. The lowest BCUT2D eigenvalue weighted by molar-refractivity contribution is -0.137. The number of carboxylic acids is 1. The molecule has 0 spiro atoms. The number of fused-ring (bicyclic) bond motifs is 1. The average Bonchev–Trinajstić information content (AvgIpc) is 3.02. The summed E-state index contributed by atoms with van der Waals surface area (Å²) in [7, 11) is 1.56. The lowest BCUT2D eigenvalue weighted by Gasteiger charge is -2.18. The highest BCUT2D eigenvalue weighted by atomic mass is 32.1. The average molecular weight is 402 g/mol. The standard InChI is InChI=1S/C20H22N2O5S/c1-4-15-12(2)17-18(25)21(11-16(23)24)20(26)22(19(17)28-15)10-14(27-3)13-8-6-5-7-9-13/h5-9,14H,4,10-11H2,1-3H3,(H,23,24). The highest BCUT2D eigenvalue weighted by Crippen LogP contribution is 2.29. The van der Waals surface area contributed by atoms with Gasteiger partial charge in [-0.3, -0.25) is 14.2 Å². The summed E-state index contributed by atoms with van der Waals surface area (Å²) in [6, 6.07) is 9.47. The van der Waals surface area contributed by atoms with Crippen molar-refractivity contribution in [2.24, 2.45) is 0 Å². The predicted molar refractivity (Wildman–Crippen MR) is 108 cm³/mol. The molecule has 0 amide bonds. The second-order valence-corrected chi connectivity index (χ2v) is 7.58. The van der Waals surface area contributed by atoms with Crippen LogP contribution in [0.3, 0.4) is 0 Å². The van der Waals surface area contributed by atoms with Gasteiger partial charge in [-0.15, -0.1) is 11.3 Å². The summed E-state index contributed by atoms with van der Waals surface area (Å²) >= 11 is 1.40. The Morgan fingerprint density at radius 2 is 1.89 bits per heavy atom. The first-order valence-electron chi connectivity index (χ1n) is 8.94. The molecule has 1 atom stereocenters. The van der Waals surface area contributed by atoms with E-state index >= 15 is 0 Å². The van der Waals surface area contributed by atoms with Crippen molar-refractivity contribution < 1.29 is 14.6 Å². The van der Waals surface area contributed by atoms with Gasteiger partial charge >= 0.3 is 11.7 Å². The molecule has 0 radical (unpaired) electrons. The fourth-order valence-electron chi connectivity index (χ4n) is 3.36. The van der Waals surface area contributed by atoms with Gasteiger partial charge in [-0.25, -0.2) is 9.36 Å². The molecule has 0 aliphatic rings. The van der Waals surface area contributed by atoms with Crippen molar-refractivity contribution in [1.82, 2.24) is 9.13 Å². The van der Waals surface area contributed by atoms with Crippen LogP contribution in [-0.4, -0.2) is 27.3 Å². The van der Waals surface area contributed by atoms with Gasteiger partial charge < -0.3 is 9.84 Å². The van der Waals surface area contributed by atoms with Gasteiger partial charge in [0.05, 0.1) is 11.9 Å². The van der Waals surface area contributed by atoms with E-state index in [4.69, 9.17) is 4.74 Å². The summed E-state index contributed by atoms with van der Waals surface area (Å²) in [4.78, 5) is 38.7. The normalized spacial score (nSPS) is 12.4. The lowest BCUT2D eigenvalue weighted by Crippen LogP contribution is -2.42. The topological polar surface area (TPSA) is 90.5 Å². The monoisotopic (exact) mass is 402 g/mol. The van der Waals surface area contributed by atoms with E-state index in [9.17, 15) is 19.5 Å². The van der Waals surface area contributed by atoms with E-state index in [-0.39, 0.29) is 6.54 Å². The van der Waals surface area contributed by atoms with Crippen LogP contribution in [0.1, 0.15) is 29.0 Å². The van der Waals surface area contributed by atoms with Crippen molar-refractivity contribution in [3.05, 3.63) is 67.2 Å². The van der Waals surface area contributed by atoms with Crippen molar-refractivity contribution in [2.75, 3.05) is 7.11 Å². The molecule has 0 aliphatic heterocycles. The zero-order chi connectivity index (χ0) is 20.4. The largest absolute Gasteiger partial charge is 0.480 e. The van der Waals surface area contributed by atoms with E-state index in [1.807, 2.05) is 44.2 Å². The molecule has 3 aromatic rings. The van der Waals surface area contributed by atoms with Crippen molar-refractivity contribution in [3.8, 4) is 0 Å². The molecular weight excluding hydrogens is 380 g/mol. The predicted octanol–water partition coefficient (Wildman–Crippen LogP) is 2.57. The maximum absolute atomic E-state index is 13.0. The fraction of sp³-hybridized carbons (Fsp3) is 0.350. The third-order valence-electron chi connectivity index (χ3n) is 4.81. The summed E-state index contributed by atoms with van der Waals surface area (Å²) in [5, 5.41) is 9.58. The maximum Gasteiger partial charge on any atom is 0.332 e. The molecule has 0 bridgehead atoms. The number of rotatable bonds is 7. The minimum atomic E-state index is -1.24. The minimum Gasteiger partial charge on any atom is -0.480 e. The minimum absolute atomic E-state index is 0.179. The summed E-state index contributed by atoms with van der Waals surface area (Å²) < 4.78 is 7.86. The van der Waals surface area contributed by atoms with Crippen LogP contribution in [0.5, 0.6) is 0 Å². The zero-order valence-corrected chi connectivity index (χ0v) is 16.8. The summed E-state index contributed by atoms with van der Waals surface area (Å²) in [6.07, 6.45) is 0.315. The number of nitrogens with zero attached hydrogens (tertiary/aromatic N) is 2. The Balaban J connectivity index is 2.27. The molecule has 1 N–H and O–H groups in total. The first-order chi connectivity index (χ1) is 13.4. The first-order valence-corrected chi connectivity index (χ1v) is 9.75. The van der Waals surface area contributed by atoms with Crippen LogP contribution in [0.25, 0.3) is 10.2 Å². The van der Waals surface area contributed by atoms with Crippen molar-refractivity contribution >= 4 is 27.5 Å². The first kappa shape index (κ1) is 20.0. The number of thiophene rings is 1. The molecule has 7 nitrogen and oxygen atoms in total. The third-order valence-corrected chi connectivity index (χ3v) is 6.27. The number of hydrogen-bond acceptors (Lipinski definition) is 5. The van der Waals surface area contributed by atoms with E-state index in [1.54, 1.807) is 7.11 Å². The van der Waals surface area contributed by atoms with Crippen LogP contribution in [0.4, 0.5) is 0 Å². The Bertz CT molecular complexity index is 1130. The fourth-order valence-corrected chi connectivity index (χ4v) is 4.60. The number of aliphatic carboxylic acids is 1. The molecule has 2 aromatic heterocycles. The Morgan fingerprint density at radius 1 is 1.21 bits per heavy atom. The highest BCUT2D eigenvalue weighted by molar-refractivity contribution is 7.18. The molecule has 0 aliphatic carbocycles. The van der Waals surface area contributed by atoms with E-state index in [1.165, 1.54) is 15.9 Å². The Morgan fingerprint density at radius 3 is 2.46 bits per heavy atom. The molecule has 1 aromatic carbocycles. The van der Waals surface area contributed by atoms with Crippen LogP contribution in [0.2, 0.25) is 0 Å². The van der Waals surface area contributed by atoms with Crippen molar-refractivity contribution in [2.45, 2.75) is 39.5 Å². The Kier molecular flexibility index (Phi) is 5.81. The van der Waals surface area contributed by atoms with Crippen molar-refractivity contribution in [3.63, 3.8) is 0 Å². The number of aromatic nitrogens is 2. The van der Waals surface area contributed by atoms with Gasteiger partial charge in [0.2, 0.25) is 0 Å². The van der Waals surface area contributed by atoms with Crippen LogP contribution >= 0.6 is 11.3 Å². The SMILES string of the molecule is CCc1sc2c(c1C)c(=O)n(CC(=O)O)c(=O)n2CC(OC)c1ccccc1. The number of carboxylic acid groups (broad SMARTS) is 1. The van der Waals surface area contributed by atoms with Crippen LogP contribution < -0.4 is 11.2 Å². The molecule has 0 saturated heterocycles. The molecule has 3 rings (SSSR count). The van der Waals surface area contributed by atoms with E-state index < -0.39 is 29.9 Å². The third kappa shape index (κ3) is 3.53. The quantitative estimate of drug-likeness (QED) is 0.656. The summed E-state index contributed by atoms with van der Waals surface area (Å²) in [6.45, 7) is 3.33. The second kappa shape index (κ2) is 8.12. The molecule has 148 valence electrons. The zero-order valence-electron chi connectivity index (χ0n) is 16.0.